The number of carbonyl (C=O) groups excluding carboxylic acids is 1. The Bertz CT molecular complexity index is 544. The van der Waals surface area contributed by atoms with Crippen LogP contribution in [-0.2, 0) is 4.74 Å². The minimum atomic E-state index is -0.330. The van der Waals surface area contributed by atoms with Crippen molar-refractivity contribution in [2.45, 2.75) is 31.5 Å². The maximum Gasteiger partial charge on any atom is 0.411 e. The van der Waals surface area contributed by atoms with Gasteiger partial charge >= 0.3 is 6.09 Å². The van der Waals surface area contributed by atoms with Crippen molar-refractivity contribution in [3.8, 4) is 0 Å². The summed E-state index contributed by atoms with van der Waals surface area (Å²) in [6, 6.07) is 10.0. The summed E-state index contributed by atoms with van der Waals surface area (Å²) < 4.78 is 5.58. The maximum absolute atomic E-state index is 12.3. The average molecular weight is 302 g/mol. The molecule has 1 unspecified atom stereocenters. The third-order valence-corrected chi connectivity index (χ3v) is 4.31. The van der Waals surface area contributed by atoms with Crippen LogP contribution in [0.15, 0.2) is 36.4 Å². The number of aliphatic hydroxyl groups is 1. The van der Waals surface area contributed by atoms with Gasteiger partial charge in [0.15, 0.2) is 6.23 Å². The second-order valence-corrected chi connectivity index (χ2v) is 5.75. The Hall–Kier alpha value is -1.85. The fraction of sp³-hybridized carbons (Fsp3) is 0.471. The zero-order valence-corrected chi connectivity index (χ0v) is 12.6. The first kappa shape index (κ1) is 15.1. The van der Waals surface area contributed by atoms with E-state index in [0.717, 1.165) is 12.8 Å². The van der Waals surface area contributed by atoms with Crippen molar-refractivity contribution in [2.75, 3.05) is 19.7 Å². The molecule has 1 saturated heterocycles. The molecule has 1 amide bonds. The van der Waals surface area contributed by atoms with Gasteiger partial charge in [-0.2, -0.15) is 0 Å². The SMILES string of the molecule is O=C(OC1CC(c2ccccc2)=CCN1)N1CCC[C@H]1CO. The molecule has 2 aliphatic rings. The standard InChI is InChI=1S/C17H22N2O3/c20-12-15-7-4-10-19(15)17(21)22-16-11-14(8-9-18-16)13-5-2-1-3-6-13/h1-3,5-6,8,15-16,18,20H,4,7,9-12H2/t15-,16?/m0/s1. The molecular formula is C17H22N2O3. The van der Waals surface area contributed by atoms with Crippen LogP contribution in [0.3, 0.4) is 0 Å². The van der Waals surface area contributed by atoms with Gasteiger partial charge in [0, 0.05) is 19.5 Å². The third-order valence-electron chi connectivity index (χ3n) is 4.31. The van der Waals surface area contributed by atoms with Crippen LogP contribution in [-0.4, -0.2) is 48.1 Å². The maximum atomic E-state index is 12.3. The highest BCUT2D eigenvalue weighted by molar-refractivity contribution is 5.70. The van der Waals surface area contributed by atoms with Crippen LogP contribution < -0.4 is 5.32 Å². The Kier molecular flexibility index (Phi) is 4.75. The fourth-order valence-electron chi connectivity index (χ4n) is 3.10. The second kappa shape index (κ2) is 6.94. The molecule has 2 heterocycles. The van der Waals surface area contributed by atoms with E-state index in [2.05, 4.69) is 23.5 Å². The topological polar surface area (TPSA) is 61.8 Å². The summed E-state index contributed by atoms with van der Waals surface area (Å²) in [5.41, 5.74) is 2.36. The predicted octanol–water partition coefficient (Wildman–Crippen LogP) is 1.98. The minimum absolute atomic E-state index is 0.00234. The first-order valence-electron chi connectivity index (χ1n) is 7.84. The number of hydrogen-bond donors (Lipinski definition) is 2. The van der Waals surface area contributed by atoms with Crippen molar-refractivity contribution < 1.29 is 14.6 Å². The normalized spacial score (nSPS) is 25.0. The Morgan fingerprint density at radius 3 is 2.95 bits per heavy atom. The van der Waals surface area contributed by atoms with Crippen LogP contribution in [0.2, 0.25) is 0 Å². The van der Waals surface area contributed by atoms with Crippen LogP contribution in [0, 0.1) is 0 Å². The van der Waals surface area contributed by atoms with Gasteiger partial charge in [-0.15, -0.1) is 0 Å². The number of amides is 1. The molecule has 2 aliphatic heterocycles. The highest BCUT2D eigenvalue weighted by Crippen LogP contribution is 2.24. The summed E-state index contributed by atoms with van der Waals surface area (Å²) in [4.78, 5) is 13.9. The number of hydrogen-bond acceptors (Lipinski definition) is 4. The van der Waals surface area contributed by atoms with Gasteiger partial charge in [0.2, 0.25) is 0 Å². The molecule has 0 bridgehead atoms. The van der Waals surface area contributed by atoms with E-state index in [1.54, 1.807) is 4.90 Å². The molecule has 22 heavy (non-hydrogen) atoms. The van der Waals surface area contributed by atoms with Crippen molar-refractivity contribution in [3.63, 3.8) is 0 Å². The highest BCUT2D eigenvalue weighted by atomic mass is 16.6. The Morgan fingerprint density at radius 2 is 2.18 bits per heavy atom. The quantitative estimate of drug-likeness (QED) is 0.896. The second-order valence-electron chi connectivity index (χ2n) is 5.75. The van der Waals surface area contributed by atoms with Gasteiger partial charge in [0.25, 0.3) is 0 Å². The summed E-state index contributed by atoms with van der Waals surface area (Å²) >= 11 is 0. The van der Waals surface area contributed by atoms with Crippen molar-refractivity contribution in [2.24, 2.45) is 0 Å². The van der Waals surface area contributed by atoms with Gasteiger partial charge in [0.1, 0.15) is 0 Å². The van der Waals surface area contributed by atoms with Crippen molar-refractivity contribution >= 4 is 11.7 Å². The van der Waals surface area contributed by atoms with E-state index in [9.17, 15) is 9.90 Å². The Labute approximate surface area is 130 Å². The molecular weight excluding hydrogens is 280 g/mol. The smallest absolute Gasteiger partial charge is 0.411 e. The van der Waals surface area contributed by atoms with Crippen LogP contribution in [0.5, 0.6) is 0 Å². The summed E-state index contributed by atoms with van der Waals surface area (Å²) in [7, 11) is 0. The lowest BCUT2D eigenvalue weighted by atomic mass is 9.99. The van der Waals surface area contributed by atoms with E-state index in [1.807, 2.05) is 18.2 Å². The largest absolute Gasteiger partial charge is 0.430 e. The van der Waals surface area contributed by atoms with Gasteiger partial charge in [-0.25, -0.2) is 4.79 Å². The van der Waals surface area contributed by atoms with E-state index in [1.165, 1.54) is 11.1 Å². The van der Waals surface area contributed by atoms with E-state index in [-0.39, 0.29) is 25.0 Å². The molecule has 5 nitrogen and oxygen atoms in total. The number of benzene rings is 1. The predicted molar refractivity (Wildman–Crippen MR) is 84.1 cm³/mol. The monoisotopic (exact) mass is 302 g/mol. The van der Waals surface area contributed by atoms with Crippen LogP contribution in [0.4, 0.5) is 4.79 Å². The summed E-state index contributed by atoms with van der Waals surface area (Å²) in [6.07, 6.45) is 3.92. The van der Waals surface area contributed by atoms with Gasteiger partial charge in [-0.3, -0.25) is 5.32 Å². The molecule has 2 N–H and O–H groups in total. The number of rotatable bonds is 3. The molecule has 5 heteroatoms. The summed E-state index contributed by atoms with van der Waals surface area (Å²) in [5.74, 6) is 0. The lowest BCUT2D eigenvalue weighted by Crippen LogP contribution is -2.44. The molecule has 0 spiro atoms. The van der Waals surface area contributed by atoms with Crippen molar-refractivity contribution in [1.29, 1.82) is 0 Å². The average Bonchev–Trinajstić information content (AvgIpc) is 3.05. The van der Waals surface area contributed by atoms with Gasteiger partial charge < -0.3 is 14.7 Å². The molecule has 1 aromatic rings. The van der Waals surface area contributed by atoms with Crippen LogP contribution in [0.1, 0.15) is 24.8 Å². The van der Waals surface area contributed by atoms with Crippen LogP contribution >= 0.6 is 0 Å². The van der Waals surface area contributed by atoms with Gasteiger partial charge in [-0.05, 0) is 24.0 Å². The molecule has 2 atom stereocenters. The number of aliphatic hydroxyl groups excluding tert-OH is 1. The van der Waals surface area contributed by atoms with E-state index < -0.39 is 0 Å². The first-order valence-corrected chi connectivity index (χ1v) is 7.84. The lowest BCUT2D eigenvalue weighted by molar-refractivity contribution is 0.0401. The van der Waals surface area contributed by atoms with E-state index in [0.29, 0.717) is 19.5 Å². The number of carbonyl (C=O) groups is 1. The zero-order valence-electron chi connectivity index (χ0n) is 12.6. The molecule has 3 rings (SSSR count). The number of likely N-dealkylation sites (tertiary alicyclic amines) is 1. The summed E-state index contributed by atoms with van der Waals surface area (Å²) in [6.45, 7) is 1.35. The van der Waals surface area contributed by atoms with Crippen LogP contribution in [0.25, 0.3) is 5.57 Å². The van der Waals surface area contributed by atoms with Gasteiger partial charge in [-0.1, -0.05) is 36.4 Å². The third kappa shape index (κ3) is 3.31. The molecule has 1 aromatic carbocycles. The van der Waals surface area contributed by atoms with E-state index in [4.69, 9.17) is 4.74 Å². The molecule has 118 valence electrons. The number of nitrogens with zero attached hydrogens (tertiary/aromatic N) is 1. The van der Waals surface area contributed by atoms with Crippen molar-refractivity contribution in [3.05, 3.63) is 42.0 Å². The van der Waals surface area contributed by atoms with E-state index >= 15 is 0 Å². The zero-order chi connectivity index (χ0) is 15.4. The Morgan fingerprint density at radius 1 is 1.36 bits per heavy atom. The first-order chi connectivity index (χ1) is 10.8. The van der Waals surface area contributed by atoms with Gasteiger partial charge in [0.05, 0.1) is 12.6 Å². The number of ether oxygens (including phenoxy) is 1. The van der Waals surface area contributed by atoms with Crippen molar-refractivity contribution in [1.82, 2.24) is 10.2 Å². The number of nitrogens with one attached hydrogen (secondary N) is 1. The molecule has 0 radical (unpaired) electrons. The highest BCUT2D eigenvalue weighted by Gasteiger charge is 2.31. The minimum Gasteiger partial charge on any atom is -0.430 e. The molecule has 0 aromatic heterocycles. The molecule has 0 aliphatic carbocycles. The molecule has 1 fully saturated rings. The Balaban J connectivity index is 1.60. The molecule has 0 saturated carbocycles. The summed E-state index contributed by atoms with van der Waals surface area (Å²) in [5, 5.41) is 12.5. The lowest BCUT2D eigenvalue weighted by Gasteiger charge is -2.28. The fourth-order valence-corrected chi connectivity index (χ4v) is 3.10.